The number of carbonyl (C=O) groups is 1. The van der Waals surface area contributed by atoms with Crippen LogP contribution in [-0.4, -0.2) is 23.4 Å². The molecule has 1 amide bonds. The summed E-state index contributed by atoms with van der Waals surface area (Å²) in [5.74, 6) is 0.442. The highest BCUT2D eigenvalue weighted by atomic mass is 35.5. The van der Waals surface area contributed by atoms with E-state index in [0.29, 0.717) is 28.2 Å². The summed E-state index contributed by atoms with van der Waals surface area (Å²) in [6.45, 7) is 0.417. The third kappa shape index (κ3) is 3.53. The molecule has 7 heteroatoms. The van der Waals surface area contributed by atoms with Gasteiger partial charge in [-0.2, -0.15) is 5.26 Å². The number of carbonyl (C=O) groups excluding carboxylic acids is 1. The molecule has 0 N–H and O–H groups in total. The highest BCUT2D eigenvalue weighted by Gasteiger charge is 2.38. The van der Waals surface area contributed by atoms with Gasteiger partial charge in [0.1, 0.15) is 0 Å². The van der Waals surface area contributed by atoms with Crippen molar-refractivity contribution in [2.75, 3.05) is 17.4 Å². The Labute approximate surface area is 172 Å². The maximum Gasteiger partial charge on any atom is 0.229 e. The number of benzene rings is 2. The van der Waals surface area contributed by atoms with Crippen molar-refractivity contribution in [3.8, 4) is 6.07 Å². The Kier molecular flexibility index (Phi) is 5.05. The van der Waals surface area contributed by atoms with Crippen LogP contribution in [0, 0.1) is 11.3 Å². The first-order valence-corrected chi connectivity index (χ1v) is 10.1. The molecule has 0 spiro atoms. The van der Waals surface area contributed by atoms with Crippen molar-refractivity contribution in [2.45, 2.75) is 12.3 Å². The van der Waals surface area contributed by atoms with Gasteiger partial charge in [-0.05, 0) is 35.9 Å². The van der Waals surface area contributed by atoms with Crippen LogP contribution >= 0.6 is 35.0 Å². The lowest BCUT2D eigenvalue weighted by Crippen LogP contribution is -2.47. The Bertz CT molecular complexity index is 968. The van der Waals surface area contributed by atoms with E-state index in [-0.39, 0.29) is 18.2 Å². The molecule has 2 heterocycles. The zero-order valence-electron chi connectivity index (χ0n) is 14.2. The average molecular weight is 416 g/mol. The van der Waals surface area contributed by atoms with E-state index < -0.39 is 0 Å². The molecule has 0 aliphatic carbocycles. The third-order valence-electron chi connectivity index (χ3n) is 4.74. The van der Waals surface area contributed by atoms with Crippen molar-refractivity contribution in [1.29, 1.82) is 5.26 Å². The summed E-state index contributed by atoms with van der Waals surface area (Å²) in [7, 11) is 0. The van der Waals surface area contributed by atoms with Crippen LogP contribution in [0.1, 0.15) is 17.9 Å². The van der Waals surface area contributed by atoms with E-state index in [2.05, 4.69) is 11.0 Å². The summed E-state index contributed by atoms with van der Waals surface area (Å²) >= 11 is 13.6. The summed E-state index contributed by atoms with van der Waals surface area (Å²) < 4.78 is 0. The van der Waals surface area contributed by atoms with Crippen molar-refractivity contribution >= 4 is 46.6 Å². The van der Waals surface area contributed by atoms with Crippen LogP contribution in [0.15, 0.2) is 59.1 Å². The predicted octanol–water partition coefficient (Wildman–Crippen LogP) is 5.21. The Morgan fingerprint density at radius 2 is 1.89 bits per heavy atom. The molecule has 136 valence electrons. The Balaban J connectivity index is 1.66. The van der Waals surface area contributed by atoms with Crippen LogP contribution in [0.3, 0.4) is 0 Å². The molecule has 4 rings (SSSR count). The molecule has 27 heavy (non-hydrogen) atoms. The van der Waals surface area contributed by atoms with Gasteiger partial charge in [0.2, 0.25) is 5.91 Å². The number of amides is 1. The zero-order valence-corrected chi connectivity index (χ0v) is 16.6. The van der Waals surface area contributed by atoms with E-state index in [1.807, 2.05) is 36.4 Å². The molecule has 1 fully saturated rings. The number of nitriles is 1. The predicted molar refractivity (Wildman–Crippen MR) is 110 cm³/mol. The quantitative estimate of drug-likeness (QED) is 0.674. The van der Waals surface area contributed by atoms with Gasteiger partial charge in [-0.3, -0.25) is 9.69 Å². The number of anilines is 1. The molecule has 2 aliphatic rings. The fourth-order valence-corrected chi connectivity index (χ4v) is 4.86. The van der Waals surface area contributed by atoms with Gasteiger partial charge in [-0.15, -0.1) is 0 Å². The number of hydrogen-bond donors (Lipinski definition) is 0. The fourth-order valence-electron chi connectivity index (χ4n) is 3.38. The van der Waals surface area contributed by atoms with Gasteiger partial charge < -0.3 is 4.90 Å². The van der Waals surface area contributed by atoms with E-state index in [1.54, 1.807) is 17.0 Å². The van der Waals surface area contributed by atoms with Gasteiger partial charge in [-0.1, -0.05) is 53.2 Å². The lowest BCUT2D eigenvalue weighted by molar-refractivity contribution is -0.129. The Hall–Kier alpha value is -2.13. The summed E-state index contributed by atoms with van der Waals surface area (Å²) in [5.41, 5.74) is 2.54. The smallest absolute Gasteiger partial charge is 0.229 e. The van der Waals surface area contributed by atoms with Crippen LogP contribution in [0.4, 0.5) is 5.69 Å². The van der Waals surface area contributed by atoms with Crippen molar-refractivity contribution < 1.29 is 4.79 Å². The van der Waals surface area contributed by atoms with Crippen LogP contribution in [-0.2, 0) is 4.79 Å². The number of thioether (sulfide) groups is 1. The molecule has 1 saturated heterocycles. The van der Waals surface area contributed by atoms with Crippen LogP contribution in [0.25, 0.3) is 0 Å². The van der Waals surface area contributed by atoms with Crippen molar-refractivity contribution in [1.82, 2.24) is 4.90 Å². The Morgan fingerprint density at radius 3 is 2.59 bits per heavy atom. The second kappa shape index (κ2) is 7.47. The van der Waals surface area contributed by atoms with E-state index in [9.17, 15) is 10.1 Å². The second-order valence-corrected chi connectivity index (χ2v) is 8.20. The summed E-state index contributed by atoms with van der Waals surface area (Å²) in [6, 6.07) is 17.3. The van der Waals surface area contributed by atoms with Gasteiger partial charge >= 0.3 is 0 Å². The lowest BCUT2D eigenvalue weighted by Gasteiger charge is -2.42. The highest BCUT2D eigenvalue weighted by molar-refractivity contribution is 8.03. The van der Waals surface area contributed by atoms with Crippen molar-refractivity contribution in [2.24, 2.45) is 0 Å². The van der Waals surface area contributed by atoms with Gasteiger partial charge in [0.05, 0.1) is 29.2 Å². The molecule has 2 aromatic rings. The topological polar surface area (TPSA) is 47.3 Å². The number of hydrogen-bond acceptors (Lipinski definition) is 4. The van der Waals surface area contributed by atoms with Crippen molar-refractivity contribution in [3.05, 3.63) is 74.7 Å². The maximum atomic E-state index is 12.9. The molecule has 2 aromatic carbocycles. The number of nitrogens with zero attached hydrogens (tertiary/aromatic N) is 3. The minimum absolute atomic E-state index is 0.0168. The molecule has 0 bridgehead atoms. The molecule has 0 radical (unpaired) electrons. The molecule has 4 nitrogen and oxygen atoms in total. The minimum atomic E-state index is -0.226. The third-order valence-corrected chi connectivity index (χ3v) is 6.38. The molecular weight excluding hydrogens is 401 g/mol. The largest absolute Gasteiger partial charge is 0.344 e. The molecule has 0 saturated carbocycles. The van der Waals surface area contributed by atoms with Crippen LogP contribution in [0.2, 0.25) is 10.0 Å². The zero-order chi connectivity index (χ0) is 19.0. The molecule has 0 aromatic heterocycles. The molecule has 0 unspecified atom stereocenters. The van der Waals surface area contributed by atoms with E-state index in [0.717, 1.165) is 16.3 Å². The SMILES string of the molecule is N#CC1=C2SCN(c3cccc(Cl)c3)CN2C(=O)C[C@H]1c1ccc(Cl)cc1. The first-order valence-electron chi connectivity index (χ1n) is 8.40. The Morgan fingerprint density at radius 1 is 1.11 bits per heavy atom. The molecule has 2 aliphatic heterocycles. The number of allylic oxidation sites excluding steroid dienone is 1. The van der Waals surface area contributed by atoms with E-state index in [4.69, 9.17) is 23.2 Å². The minimum Gasteiger partial charge on any atom is -0.344 e. The maximum absolute atomic E-state index is 12.9. The monoisotopic (exact) mass is 415 g/mol. The highest BCUT2D eigenvalue weighted by Crippen LogP contribution is 2.43. The van der Waals surface area contributed by atoms with Gasteiger partial charge in [-0.25, -0.2) is 0 Å². The fraction of sp³-hybridized carbons (Fsp3) is 0.200. The number of rotatable bonds is 2. The van der Waals surface area contributed by atoms with E-state index >= 15 is 0 Å². The van der Waals surface area contributed by atoms with Crippen LogP contribution < -0.4 is 4.90 Å². The van der Waals surface area contributed by atoms with Crippen LogP contribution in [0.5, 0.6) is 0 Å². The summed E-state index contributed by atoms with van der Waals surface area (Å²) in [4.78, 5) is 16.7. The second-order valence-electron chi connectivity index (χ2n) is 6.40. The number of halogens is 2. The van der Waals surface area contributed by atoms with Crippen molar-refractivity contribution in [3.63, 3.8) is 0 Å². The molecular formula is C20H15Cl2N3OS. The first kappa shape index (κ1) is 18.2. The first-order chi connectivity index (χ1) is 13.1. The standard InChI is InChI=1S/C20H15Cl2N3OS/c21-14-6-4-13(5-7-14)17-9-19(26)25-11-24(12-27-20(25)18(17)10-23)16-3-1-2-15(22)8-16/h1-8,17H,9,11-12H2/t17-/m0/s1. The van der Waals surface area contributed by atoms with E-state index in [1.165, 1.54) is 11.8 Å². The summed E-state index contributed by atoms with van der Waals surface area (Å²) in [5, 5.41) is 11.9. The summed E-state index contributed by atoms with van der Waals surface area (Å²) in [6.07, 6.45) is 0.276. The van der Waals surface area contributed by atoms with Gasteiger partial charge in [0, 0.05) is 28.1 Å². The average Bonchev–Trinajstić information content (AvgIpc) is 2.68. The normalized spacial score (nSPS) is 19.7. The molecule has 1 atom stereocenters. The van der Waals surface area contributed by atoms with Gasteiger partial charge in [0.15, 0.2) is 0 Å². The lowest BCUT2D eigenvalue weighted by atomic mass is 9.86. The van der Waals surface area contributed by atoms with Gasteiger partial charge in [0.25, 0.3) is 0 Å². The number of fused-ring (bicyclic) bond motifs is 1.